The Hall–Kier alpha value is -3.51. The van der Waals surface area contributed by atoms with E-state index in [1.54, 1.807) is 62.8 Å². The van der Waals surface area contributed by atoms with Crippen LogP contribution >= 0.6 is 0 Å². The molecule has 0 aromatic heterocycles. The lowest BCUT2D eigenvalue weighted by atomic mass is 9.76. The Bertz CT molecular complexity index is 969. The maximum atomic E-state index is 12.8. The van der Waals surface area contributed by atoms with Crippen LogP contribution in [0.4, 0.5) is 4.79 Å². The normalized spacial score (nSPS) is 12.2. The number of alkyl carbamates (subject to hydrolysis) is 1. The standard InChI is InChI=1S/C27H31NO5/c1-19(2)25(28-26(29)33-18-20-8-6-5-7-9-20)27(30,21-10-14-23(31-3)15-11-21)22-12-16-24(32-4)17-13-22/h5-17,19,25,30H,18H2,1-4H3,(H,28,29)/t25-/m0/s1. The van der Waals surface area contributed by atoms with Crippen LogP contribution in [0.5, 0.6) is 11.5 Å². The number of aliphatic hydroxyl groups is 1. The summed E-state index contributed by atoms with van der Waals surface area (Å²) >= 11 is 0. The summed E-state index contributed by atoms with van der Waals surface area (Å²) in [5, 5.41) is 15.1. The van der Waals surface area contributed by atoms with Crippen LogP contribution in [0.15, 0.2) is 78.9 Å². The molecular formula is C27H31NO5. The molecule has 6 heteroatoms. The summed E-state index contributed by atoms with van der Waals surface area (Å²) in [5.41, 5.74) is 0.596. The van der Waals surface area contributed by atoms with Crippen molar-refractivity contribution in [3.05, 3.63) is 95.6 Å². The van der Waals surface area contributed by atoms with Gasteiger partial charge in [0.2, 0.25) is 0 Å². The topological polar surface area (TPSA) is 77.0 Å². The molecule has 0 aliphatic heterocycles. The molecule has 0 aliphatic carbocycles. The number of ether oxygens (including phenoxy) is 3. The van der Waals surface area contributed by atoms with Crippen LogP contribution in [0.2, 0.25) is 0 Å². The van der Waals surface area contributed by atoms with Crippen molar-refractivity contribution in [3.8, 4) is 11.5 Å². The van der Waals surface area contributed by atoms with Crippen LogP contribution in [0.3, 0.4) is 0 Å². The summed E-state index contributed by atoms with van der Waals surface area (Å²) in [6, 6.07) is 23.1. The average molecular weight is 450 g/mol. The van der Waals surface area contributed by atoms with Gasteiger partial charge in [-0.2, -0.15) is 0 Å². The SMILES string of the molecule is COc1ccc(C(O)(c2ccc(OC)cc2)[C@@H](NC(=O)OCc2ccccc2)C(C)C)cc1. The van der Waals surface area contributed by atoms with Crippen LogP contribution in [0.25, 0.3) is 0 Å². The molecule has 0 radical (unpaired) electrons. The number of carbonyl (C=O) groups is 1. The molecule has 3 aromatic carbocycles. The molecule has 2 N–H and O–H groups in total. The van der Waals surface area contributed by atoms with Gasteiger partial charge in [-0.1, -0.05) is 68.4 Å². The Balaban J connectivity index is 1.94. The van der Waals surface area contributed by atoms with Gasteiger partial charge in [-0.3, -0.25) is 0 Å². The Morgan fingerprint density at radius 3 is 1.76 bits per heavy atom. The molecular weight excluding hydrogens is 418 g/mol. The minimum atomic E-state index is -1.53. The zero-order valence-electron chi connectivity index (χ0n) is 19.4. The molecule has 33 heavy (non-hydrogen) atoms. The van der Waals surface area contributed by atoms with Gasteiger partial charge in [-0.15, -0.1) is 0 Å². The third-order valence-corrected chi connectivity index (χ3v) is 5.66. The van der Waals surface area contributed by atoms with E-state index in [0.717, 1.165) is 5.56 Å². The third kappa shape index (κ3) is 5.65. The van der Waals surface area contributed by atoms with E-state index in [4.69, 9.17) is 14.2 Å². The first-order valence-corrected chi connectivity index (χ1v) is 10.9. The second kappa shape index (κ2) is 10.9. The average Bonchev–Trinajstić information content (AvgIpc) is 2.86. The number of hydrogen-bond acceptors (Lipinski definition) is 5. The molecule has 0 saturated carbocycles. The van der Waals surface area contributed by atoms with Crippen molar-refractivity contribution in [2.45, 2.75) is 32.1 Å². The van der Waals surface area contributed by atoms with E-state index >= 15 is 0 Å². The molecule has 0 heterocycles. The highest BCUT2D eigenvalue weighted by atomic mass is 16.5. The van der Waals surface area contributed by atoms with E-state index in [1.807, 2.05) is 44.2 Å². The van der Waals surface area contributed by atoms with E-state index in [2.05, 4.69) is 5.32 Å². The number of carbonyl (C=O) groups excluding carboxylic acids is 1. The van der Waals surface area contributed by atoms with Gasteiger partial charge in [0.15, 0.2) is 0 Å². The minimum Gasteiger partial charge on any atom is -0.497 e. The Morgan fingerprint density at radius 2 is 1.33 bits per heavy atom. The molecule has 1 amide bonds. The van der Waals surface area contributed by atoms with Crippen molar-refractivity contribution >= 4 is 6.09 Å². The van der Waals surface area contributed by atoms with Crippen LogP contribution in [0, 0.1) is 5.92 Å². The van der Waals surface area contributed by atoms with Gasteiger partial charge in [0, 0.05) is 0 Å². The Morgan fingerprint density at radius 1 is 0.848 bits per heavy atom. The molecule has 0 fully saturated rings. The van der Waals surface area contributed by atoms with Crippen molar-refractivity contribution in [2.75, 3.05) is 14.2 Å². The molecule has 174 valence electrons. The van der Waals surface area contributed by atoms with Crippen LogP contribution < -0.4 is 14.8 Å². The van der Waals surface area contributed by atoms with Gasteiger partial charge in [0.1, 0.15) is 23.7 Å². The van der Waals surface area contributed by atoms with E-state index in [-0.39, 0.29) is 12.5 Å². The number of benzene rings is 3. The van der Waals surface area contributed by atoms with Gasteiger partial charge in [-0.25, -0.2) is 4.79 Å². The Kier molecular flexibility index (Phi) is 7.96. The summed E-state index contributed by atoms with van der Waals surface area (Å²) in [4.78, 5) is 12.8. The lowest BCUT2D eigenvalue weighted by Gasteiger charge is -2.39. The van der Waals surface area contributed by atoms with E-state index in [9.17, 15) is 9.90 Å². The zero-order valence-corrected chi connectivity index (χ0v) is 19.4. The first-order valence-electron chi connectivity index (χ1n) is 10.9. The van der Waals surface area contributed by atoms with Crippen LogP contribution in [-0.2, 0) is 16.9 Å². The first kappa shape index (κ1) is 24.1. The first-order chi connectivity index (χ1) is 15.9. The van der Waals surface area contributed by atoms with E-state index < -0.39 is 17.7 Å². The maximum absolute atomic E-state index is 12.8. The zero-order chi connectivity index (χ0) is 23.8. The summed E-state index contributed by atoms with van der Waals surface area (Å²) in [6.07, 6.45) is -0.599. The number of hydrogen-bond donors (Lipinski definition) is 2. The van der Waals surface area contributed by atoms with E-state index in [1.165, 1.54) is 0 Å². The predicted octanol–water partition coefficient (Wildman–Crippen LogP) is 4.89. The monoisotopic (exact) mass is 449 g/mol. The molecule has 3 rings (SSSR count). The number of nitrogens with one attached hydrogen (secondary N) is 1. The summed E-state index contributed by atoms with van der Waals surface area (Å²) < 4.78 is 16.0. The fraction of sp³-hybridized carbons (Fsp3) is 0.296. The molecule has 0 spiro atoms. The second-order valence-corrected chi connectivity index (χ2v) is 8.15. The van der Waals surface area contributed by atoms with Crippen molar-refractivity contribution < 1.29 is 24.1 Å². The quantitative estimate of drug-likeness (QED) is 0.486. The van der Waals surface area contributed by atoms with Crippen molar-refractivity contribution in [3.63, 3.8) is 0 Å². The largest absolute Gasteiger partial charge is 0.497 e. The van der Waals surface area contributed by atoms with Gasteiger partial charge < -0.3 is 24.6 Å². The molecule has 0 bridgehead atoms. The maximum Gasteiger partial charge on any atom is 0.407 e. The molecule has 0 unspecified atom stereocenters. The van der Waals surface area contributed by atoms with Gasteiger partial charge in [-0.05, 0) is 46.9 Å². The summed E-state index contributed by atoms with van der Waals surface area (Å²) in [7, 11) is 3.18. The van der Waals surface area contributed by atoms with Gasteiger partial charge in [0.05, 0.1) is 20.3 Å². The second-order valence-electron chi connectivity index (χ2n) is 8.15. The molecule has 1 atom stereocenters. The number of methoxy groups -OCH3 is 2. The molecule has 6 nitrogen and oxygen atoms in total. The van der Waals surface area contributed by atoms with Crippen LogP contribution in [0.1, 0.15) is 30.5 Å². The fourth-order valence-corrected chi connectivity index (χ4v) is 3.86. The number of amides is 1. The highest BCUT2D eigenvalue weighted by Crippen LogP contribution is 2.37. The smallest absolute Gasteiger partial charge is 0.407 e. The van der Waals surface area contributed by atoms with Gasteiger partial charge >= 0.3 is 6.09 Å². The lowest BCUT2D eigenvalue weighted by molar-refractivity contribution is 0.0164. The van der Waals surface area contributed by atoms with Crippen molar-refractivity contribution in [1.29, 1.82) is 0 Å². The molecule has 0 aliphatic rings. The fourth-order valence-electron chi connectivity index (χ4n) is 3.86. The van der Waals surface area contributed by atoms with Crippen LogP contribution in [-0.4, -0.2) is 31.5 Å². The van der Waals surface area contributed by atoms with Gasteiger partial charge in [0.25, 0.3) is 0 Å². The minimum absolute atomic E-state index is 0.122. The highest BCUT2D eigenvalue weighted by Gasteiger charge is 2.43. The van der Waals surface area contributed by atoms with Crippen molar-refractivity contribution in [2.24, 2.45) is 5.92 Å². The lowest BCUT2D eigenvalue weighted by Crippen LogP contribution is -2.54. The van der Waals surface area contributed by atoms with Crippen molar-refractivity contribution in [1.82, 2.24) is 5.32 Å². The summed E-state index contributed by atoms with van der Waals surface area (Å²) in [5.74, 6) is 1.22. The number of rotatable bonds is 9. The third-order valence-electron chi connectivity index (χ3n) is 5.66. The Labute approximate surface area is 195 Å². The highest BCUT2D eigenvalue weighted by molar-refractivity contribution is 5.68. The molecule has 3 aromatic rings. The predicted molar refractivity (Wildman–Crippen MR) is 127 cm³/mol. The van der Waals surface area contributed by atoms with E-state index in [0.29, 0.717) is 22.6 Å². The molecule has 0 saturated heterocycles. The summed E-state index contributed by atoms with van der Waals surface area (Å²) in [6.45, 7) is 4.03.